The van der Waals surface area contributed by atoms with Crippen LogP contribution in [0.1, 0.15) is 0 Å². The van der Waals surface area contributed by atoms with Crippen molar-refractivity contribution in [1.82, 2.24) is 0 Å². The summed E-state index contributed by atoms with van der Waals surface area (Å²) in [5.41, 5.74) is 0. The van der Waals surface area contributed by atoms with Crippen LogP contribution in [0.5, 0.6) is 0 Å². The minimum absolute atomic E-state index is 0. The second kappa shape index (κ2) is 570. The van der Waals surface area contributed by atoms with Crippen molar-refractivity contribution in [3.05, 3.63) is 0 Å². The standard InChI is InChI=1S/59W. The van der Waals surface area contributed by atoms with Gasteiger partial charge in [0, 0.05) is 1240 Å². The van der Waals surface area contributed by atoms with Crippen LogP contribution in [0, 0.1) is 0 Å². The van der Waals surface area contributed by atoms with Gasteiger partial charge >= 0.3 is 0 Å². The molecule has 0 rings (SSSR count). The summed E-state index contributed by atoms with van der Waals surface area (Å²) < 4.78 is 0. The molecule has 0 aromatic heterocycles. The minimum Gasteiger partial charge on any atom is 0 e. The Morgan fingerprint density at radius 3 is 0.0169 bits per heavy atom. The Kier molecular flexibility index (Phi) is 5670. The van der Waals surface area contributed by atoms with Gasteiger partial charge in [0.1, 0.15) is 0 Å². The van der Waals surface area contributed by atoms with Crippen LogP contribution < -0.4 is 0 Å². The van der Waals surface area contributed by atoms with Crippen LogP contribution in [0.3, 0.4) is 0 Å². The van der Waals surface area contributed by atoms with Crippen molar-refractivity contribution < 1.29 is 1240 Å². The number of hydrogen-bond donors (Lipinski definition) is 0. The van der Waals surface area contributed by atoms with E-state index >= 15 is 0 Å². The predicted molar refractivity (Wildman–Crippen MR) is 0 cm³/mol. The van der Waals surface area contributed by atoms with Crippen molar-refractivity contribution in [1.29, 1.82) is 0 Å². The third kappa shape index (κ3) is 558. The molecule has 59 heavy (non-hydrogen) atoms. The molecule has 0 aliphatic rings. The Bertz CT molecular complexity index is 0. The zero-order valence-electron chi connectivity index (χ0n) is 24.1. The molecule has 0 N–H and O–H groups in total. The van der Waals surface area contributed by atoms with E-state index in [-0.39, 0.29) is 1240 Å². The van der Waals surface area contributed by atoms with Gasteiger partial charge in [-0.15, -0.1) is 0 Å². The predicted octanol–water partition coefficient (Wildman–Crippen LogP) is -0.148. The number of rotatable bonds is 0. The molecule has 0 unspecified atom stereocenters. The van der Waals surface area contributed by atoms with Crippen molar-refractivity contribution in [2.75, 3.05) is 0 Å². The van der Waals surface area contributed by atoms with Gasteiger partial charge in [0.15, 0.2) is 0 Å². The molecular weight excluding hydrogens is 10800 g/mol. The van der Waals surface area contributed by atoms with Gasteiger partial charge < -0.3 is 0 Å². The van der Waals surface area contributed by atoms with E-state index in [1.165, 1.54) is 0 Å². The van der Waals surface area contributed by atoms with Gasteiger partial charge in [-0.1, -0.05) is 0 Å². The van der Waals surface area contributed by atoms with Crippen molar-refractivity contribution in [2.45, 2.75) is 0 Å². The second-order valence-corrected chi connectivity index (χ2v) is 0. The van der Waals surface area contributed by atoms with E-state index in [4.69, 9.17) is 0 Å². The summed E-state index contributed by atoms with van der Waals surface area (Å²) in [5, 5.41) is 0. The van der Waals surface area contributed by atoms with Gasteiger partial charge in [-0.05, 0) is 0 Å². The summed E-state index contributed by atoms with van der Waals surface area (Å²) in [6.45, 7) is 0. The summed E-state index contributed by atoms with van der Waals surface area (Å²) in [5.74, 6) is 0. The van der Waals surface area contributed by atoms with Crippen molar-refractivity contribution in [3.8, 4) is 0 Å². The summed E-state index contributed by atoms with van der Waals surface area (Å²) in [6.07, 6.45) is 0. The van der Waals surface area contributed by atoms with Gasteiger partial charge in [0.25, 0.3) is 0 Å². The maximum Gasteiger partial charge on any atom is 0 e. The van der Waals surface area contributed by atoms with E-state index < -0.39 is 0 Å². The zero-order chi connectivity index (χ0) is 0. The van der Waals surface area contributed by atoms with Crippen LogP contribution in [0.2, 0.25) is 0 Å². The molecule has 0 heterocycles. The molecule has 0 aliphatic carbocycles. The molecule has 0 saturated carbocycles. The van der Waals surface area contributed by atoms with Gasteiger partial charge in [-0.25, -0.2) is 0 Å². The Morgan fingerprint density at radius 1 is 0.0169 bits per heavy atom. The van der Waals surface area contributed by atoms with E-state index in [2.05, 4.69) is 0 Å². The fourth-order valence-corrected chi connectivity index (χ4v) is 0. The first kappa shape index (κ1) is 587. The summed E-state index contributed by atoms with van der Waals surface area (Å²) in [7, 11) is 0. The molecule has 0 aliphatic heterocycles. The van der Waals surface area contributed by atoms with Crippen LogP contribution >= 0.6 is 0 Å². The van der Waals surface area contributed by atoms with E-state index in [1.54, 1.807) is 0 Å². The summed E-state index contributed by atoms with van der Waals surface area (Å²) >= 11 is 0. The van der Waals surface area contributed by atoms with E-state index in [0.29, 0.717) is 0 Å². The van der Waals surface area contributed by atoms with Crippen LogP contribution in [0.15, 0.2) is 0 Å². The van der Waals surface area contributed by atoms with Crippen LogP contribution in [-0.2, 0) is 1240 Å². The monoisotopic (exact) mass is 10900 g/mol. The summed E-state index contributed by atoms with van der Waals surface area (Å²) in [6, 6.07) is 0. The third-order valence-electron chi connectivity index (χ3n) is 0. The van der Waals surface area contributed by atoms with Gasteiger partial charge in [0.05, 0.1) is 0 Å². The Labute approximate surface area is 1200 Å². The molecule has 0 amide bonds. The molecule has 0 bridgehead atoms. The SMILES string of the molecule is [W].[W].[W].[W].[W].[W].[W].[W].[W].[W].[W].[W].[W].[W].[W].[W].[W].[W].[W].[W].[W].[W].[W].[W].[W].[W].[W].[W].[W].[W].[W].[W].[W].[W].[W].[W].[W].[W].[W].[W].[W].[W].[W].[W].[W].[W].[W].[W].[W].[W].[W].[W].[W].[W].[W].[W].[W].[W].[W]. The second-order valence-electron chi connectivity index (χ2n) is 0. The molecular formula is W59. The Hall–Kier alpha value is 40.6. The molecule has 0 atom stereocenters. The minimum atomic E-state index is 0. The first-order chi connectivity index (χ1) is 0. The molecule has 0 aromatic carbocycles. The number of hydrogen-bond acceptors (Lipinski definition) is 0. The maximum atomic E-state index is 0. The molecule has 59 heteroatoms. The molecule has 0 aromatic rings. The average molecular weight is 10800 g/mol. The fraction of sp³-hybridized carbons (Fsp3) is 0. The van der Waals surface area contributed by atoms with E-state index in [1.807, 2.05) is 0 Å². The van der Waals surface area contributed by atoms with Gasteiger partial charge in [-0.3, -0.25) is 0 Å². The van der Waals surface area contributed by atoms with Crippen LogP contribution in [0.4, 0.5) is 0 Å². The molecule has 354 valence electrons. The molecule has 0 fully saturated rings. The largest absolute Gasteiger partial charge is 0 e. The first-order valence-corrected chi connectivity index (χ1v) is 0. The summed E-state index contributed by atoms with van der Waals surface area (Å²) in [4.78, 5) is 0. The van der Waals surface area contributed by atoms with E-state index in [9.17, 15) is 0 Å². The Balaban J connectivity index is 0. The smallest absolute Gasteiger partial charge is 0 e. The maximum absolute atomic E-state index is 0. The van der Waals surface area contributed by atoms with Gasteiger partial charge in [0.2, 0.25) is 0 Å². The Morgan fingerprint density at radius 2 is 0.0169 bits per heavy atom. The third-order valence-corrected chi connectivity index (χ3v) is 0. The molecule has 0 nitrogen and oxygen atoms in total. The molecule has 0 saturated heterocycles. The zero-order valence-corrected chi connectivity index (χ0v) is 197. The fourth-order valence-electron chi connectivity index (χ4n) is 0. The molecule has 0 radical (unpaired) electrons. The normalized spacial score (nSPS) is 0. The first-order valence-electron chi connectivity index (χ1n) is 0. The average Bonchev–Trinajstić information content (AvgIpc) is 0. The topological polar surface area (TPSA) is 0 Å². The van der Waals surface area contributed by atoms with Gasteiger partial charge in [-0.2, -0.15) is 0 Å². The molecule has 0 spiro atoms. The van der Waals surface area contributed by atoms with Crippen molar-refractivity contribution in [2.24, 2.45) is 0 Å². The van der Waals surface area contributed by atoms with Crippen molar-refractivity contribution >= 4 is 0 Å². The van der Waals surface area contributed by atoms with E-state index in [0.717, 1.165) is 0 Å². The quantitative estimate of drug-likeness (QED) is 0.318. The van der Waals surface area contributed by atoms with Crippen molar-refractivity contribution in [3.63, 3.8) is 0 Å². The van der Waals surface area contributed by atoms with Crippen LogP contribution in [-0.4, -0.2) is 0 Å². The van der Waals surface area contributed by atoms with Crippen LogP contribution in [0.25, 0.3) is 0 Å².